The lowest BCUT2D eigenvalue weighted by atomic mass is 9.84. The number of rotatable bonds is 12. The van der Waals surface area contributed by atoms with Crippen LogP contribution in [0, 0.1) is 5.92 Å². The topological polar surface area (TPSA) is 71.1 Å². The lowest BCUT2D eigenvalue weighted by Gasteiger charge is -2.46. The van der Waals surface area contributed by atoms with Crippen molar-refractivity contribution >= 4 is 20.3 Å². The fraction of sp³-hybridized carbons (Fsp3) is 0.600. The SMILES string of the molecule is C=C[C@@H](COCc1ccccc1)[C@@](CC(=O)OC)(O[Si](C)(C)C(C)(C)C)C(=O)OC(C)C. The smallest absolute Gasteiger partial charge is 0.338 e. The number of hydrogen-bond acceptors (Lipinski definition) is 6. The first-order chi connectivity index (χ1) is 14.8. The van der Waals surface area contributed by atoms with Gasteiger partial charge in [0, 0.05) is 5.92 Å². The van der Waals surface area contributed by atoms with Crippen LogP contribution < -0.4 is 0 Å². The van der Waals surface area contributed by atoms with Gasteiger partial charge in [0.05, 0.1) is 32.8 Å². The van der Waals surface area contributed by atoms with Crippen LogP contribution in [0.4, 0.5) is 0 Å². The molecule has 6 nitrogen and oxygen atoms in total. The monoisotopic (exact) mass is 464 g/mol. The Kier molecular flexibility index (Phi) is 10.3. The van der Waals surface area contributed by atoms with Crippen LogP contribution in [-0.4, -0.2) is 45.7 Å². The average Bonchev–Trinajstić information content (AvgIpc) is 2.69. The molecule has 1 aromatic rings. The summed E-state index contributed by atoms with van der Waals surface area (Å²) in [6, 6.07) is 9.73. The molecule has 0 unspecified atom stereocenters. The molecule has 32 heavy (non-hydrogen) atoms. The Morgan fingerprint density at radius 2 is 1.72 bits per heavy atom. The molecular formula is C25H40O6Si. The van der Waals surface area contributed by atoms with Gasteiger partial charge in [-0.3, -0.25) is 4.79 Å². The maximum atomic E-state index is 13.5. The number of carbonyl (C=O) groups is 2. The predicted molar refractivity (Wildman–Crippen MR) is 129 cm³/mol. The Bertz CT molecular complexity index is 753. The number of benzene rings is 1. The van der Waals surface area contributed by atoms with Crippen molar-refractivity contribution < 1.29 is 28.2 Å². The Labute approximate surface area is 194 Å². The fourth-order valence-electron chi connectivity index (χ4n) is 2.99. The van der Waals surface area contributed by atoms with Crippen molar-refractivity contribution in [1.29, 1.82) is 0 Å². The van der Waals surface area contributed by atoms with Gasteiger partial charge in [-0.25, -0.2) is 4.79 Å². The Morgan fingerprint density at radius 1 is 1.12 bits per heavy atom. The van der Waals surface area contributed by atoms with E-state index in [1.165, 1.54) is 7.11 Å². The molecule has 0 saturated heterocycles. The van der Waals surface area contributed by atoms with Gasteiger partial charge < -0.3 is 18.6 Å². The molecule has 0 fully saturated rings. The summed E-state index contributed by atoms with van der Waals surface area (Å²) >= 11 is 0. The van der Waals surface area contributed by atoms with Crippen molar-refractivity contribution in [3.05, 3.63) is 48.6 Å². The predicted octanol–water partition coefficient (Wildman–Crippen LogP) is 5.28. The van der Waals surface area contributed by atoms with E-state index < -0.39 is 31.8 Å². The molecule has 0 N–H and O–H groups in total. The molecule has 0 aromatic heterocycles. The van der Waals surface area contributed by atoms with Gasteiger partial charge in [-0.1, -0.05) is 57.2 Å². The van der Waals surface area contributed by atoms with E-state index in [1.54, 1.807) is 19.9 Å². The minimum Gasteiger partial charge on any atom is -0.469 e. The standard InChI is InChI=1S/C25H40O6Si/c1-10-21(18-29-17-20-14-12-11-13-15-20)25(16-22(26)28-7,23(27)30-19(2)3)31-32(8,9)24(4,5)6/h10-15,19,21H,1,16-18H2,2-9H3/t21-,25+/m0/s1. The minimum absolute atomic E-state index is 0.136. The molecule has 0 bridgehead atoms. The van der Waals surface area contributed by atoms with Crippen LogP contribution in [-0.2, 0) is 34.8 Å². The highest BCUT2D eigenvalue weighted by Gasteiger charge is 2.55. The molecule has 7 heteroatoms. The molecule has 1 aromatic carbocycles. The van der Waals surface area contributed by atoms with E-state index in [1.807, 2.05) is 43.4 Å². The first-order valence-corrected chi connectivity index (χ1v) is 13.9. The summed E-state index contributed by atoms with van der Waals surface area (Å²) < 4.78 is 23.2. The summed E-state index contributed by atoms with van der Waals surface area (Å²) in [5.74, 6) is -1.78. The van der Waals surface area contributed by atoms with E-state index in [-0.39, 0.29) is 24.2 Å². The lowest BCUT2D eigenvalue weighted by Crippen LogP contribution is -2.59. The summed E-state index contributed by atoms with van der Waals surface area (Å²) in [5.41, 5.74) is -0.595. The first-order valence-electron chi connectivity index (χ1n) is 11.0. The minimum atomic E-state index is -2.53. The molecule has 180 valence electrons. The zero-order valence-corrected chi connectivity index (χ0v) is 21.9. The molecule has 0 heterocycles. The highest BCUT2D eigenvalue weighted by molar-refractivity contribution is 6.74. The van der Waals surface area contributed by atoms with E-state index in [0.29, 0.717) is 6.61 Å². The van der Waals surface area contributed by atoms with Crippen molar-refractivity contribution in [2.24, 2.45) is 5.92 Å². The van der Waals surface area contributed by atoms with Gasteiger partial charge in [-0.05, 0) is 37.5 Å². The zero-order chi connectivity index (χ0) is 24.6. The normalized spacial score (nSPS) is 15.0. The third kappa shape index (κ3) is 7.57. The highest BCUT2D eigenvalue weighted by Crippen LogP contribution is 2.43. The molecule has 0 aliphatic carbocycles. The van der Waals surface area contributed by atoms with Crippen LogP contribution in [0.2, 0.25) is 18.1 Å². The van der Waals surface area contributed by atoms with Gasteiger partial charge in [0.1, 0.15) is 0 Å². The van der Waals surface area contributed by atoms with Crippen LogP contribution in [0.15, 0.2) is 43.0 Å². The van der Waals surface area contributed by atoms with Crippen LogP contribution in [0.5, 0.6) is 0 Å². The van der Waals surface area contributed by atoms with Gasteiger partial charge in [-0.15, -0.1) is 6.58 Å². The largest absolute Gasteiger partial charge is 0.469 e. The zero-order valence-electron chi connectivity index (χ0n) is 20.9. The van der Waals surface area contributed by atoms with E-state index in [4.69, 9.17) is 18.6 Å². The van der Waals surface area contributed by atoms with Crippen molar-refractivity contribution in [1.82, 2.24) is 0 Å². The molecule has 0 amide bonds. The molecule has 1 rings (SSSR count). The Balaban J connectivity index is 3.39. The van der Waals surface area contributed by atoms with Gasteiger partial charge in [0.15, 0.2) is 13.9 Å². The number of esters is 2. The second kappa shape index (κ2) is 11.8. The molecule has 2 atom stereocenters. The maximum Gasteiger partial charge on any atom is 0.338 e. The van der Waals surface area contributed by atoms with Gasteiger partial charge >= 0.3 is 11.9 Å². The summed E-state index contributed by atoms with van der Waals surface area (Å²) in [7, 11) is -1.23. The fourth-order valence-corrected chi connectivity index (χ4v) is 4.51. The van der Waals surface area contributed by atoms with Crippen LogP contribution in [0.25, 0.3) is 0 Å². The molecule has 0 radical (unpaired) electrons. The molecule has 0 aliphatic rings. The second-order valence-corrected chi connectivity index (χ2v) is 14.5. The van der Waals surface area contributed by atoms with Crippen LogP contribution >= 0.6 is 0 Å². The quantitative estimate of drug-likeness (QED) is 0.238. The van der Waals surface area contributed by atoms with Crippen molar-refractivity contribution in [2.45, 2.75) is 77.5 Å². The number of hydrogen-bond donors (Lipinski definition) is 0. The van der Waals surface area contributed by atoms with Crippen LogP contribution in [0.1, 0.15) is 46.6 Å². The first kappa shape index (κ1) is 28.1. The van der Waals surface area contributed by atoms with Gasteiger partial charge in [0.2, 0.25) is 0 Å². The summed E-state index contributed by atoms with van der Waals surface area (Å²) in [6.07, 6.45) is 0.952. The van der Waals surface area contributed by atoms with E-state index >= 15 is 0 Å². The number of ether oxygens (including phenoxy) is 3. The third-order valence-electron chi connectivity index (χ3n) is 5.86. The third-order valence-corrected chi connectivity index (χ3v) is 10.3. The Hall–Kier alpha value is -1.96. The van der Waals surface area contributed by atoms with Crippen molar-refractivity contribution in [3.8, 4) is 0 Å². The van der Waals surface area contributed by atoms with Gasteiger partial charge in [0.25, 0.3) is 0 Å². The molecule has 0 aliphatic heterocycles. The average molecular weight is 465 g/mol. The van der Waals surface area contributed by atoms with E-state index in [0.717, 1.165) is 5.56 Å². The van der Waals surface area contributed by atoms with E-state index in [9.17, 15) is 9.59 Å². The van der Waals surface area contributed by atoms with E-state index in [2.05, 4.69) is 27.4 Å². The second-order valence-electron chi connectivity index (χ2n) is 9.80. The van der Waals surface area contributed by atoms with Crippen molar-refractivity contribution in [3.63, 3.8) is 0 Å². The summed E-state index contributed by atoms with van der Waals surface area (Å²) in [6.45, 7) is 18.3. The van der Waals surface area contributed by atoms with Gasteiger partial charge in [-0.2, -0.15) is 0 Å². The highest BCUT2D eigenvalue weighted by atomic mass is 28.4. The molecule has 0 spiro atoms. The lowest BCUT2D eigenvalue weighted by molar-refractivity contribution is -0.179. The summed E-state index contributed by atoms with van der Waals surface area (Å²) in [4.78, 5) is 26.0. The van der Waals surface area contributed by atoms with Crippen LogP contribution in [0.3, 0.4) is 0 Å². The number of carbonyl (C=O) groups excluding carboxylic acids is 2. The Morgan fingerprint density at radius 3 is 2.19 bits per heavy atom. The molecule has 0 saturated carbocycles. The number of methoxy groups -OCH3 is 1. The summed E-state index contributed by atoms with van der Waals surface area (Å²) in [5, 5.41) is -0.205. The molecular weight excluding hydrogens is 424 g/mol. The van der Waals surface area contributed by atoms with Crippen molar-refractivity contribution in [2.75, 3.05) is 13.7 Å². The maximum absolute atomic E-state index is 13.5.